The molecule has 0 bridgehead atoms. The van der Waals surface area contributed by atoms with E-state index >= 15 is 0 Å². The Hall–Kier alpha value is -1.16. The summed E-state index contributed by atoms with van der Waals surface area (Å²) in [5.74, 6) is 0.131. The maximum absolute atomic E-state index is 12.6. The molecule has 1 rings (SSSR count). The zero-order chi connectivity index (χ0) is 9.52. The molecular weight excluding hydrogens is 169 g/mol. The number of nitrogens with one attached hydrogen (secondary N) is 2. The summed E-state index contributed by atoms with van der Waals surface area (Å²) in [6.45, 7) is 4.59. The van der Waals surface area contributed by atoms with Gasteiger partial charge in [-0.15, -0.1) is 0 Å². The lowest BCUT2D eigenvalue weighted by Gasteiger charge is -2.04. The van der Waals surface area contributed by atoms with Crippen LogP contribution in [0, 0.1) is 5.95 Å². The van der Waals surface area contributed by atoms with E-state index in [0.717, 1.165) is 19.6 Å². The predicted molar refractivity (Wildman–Crippen MR) is 51.2 cm³/mol. The van der Waals surface area contributed by atoms with E-state index in [1.165, 1.54) is 6.07 Å². The molecule has 0 radical (unpaired) electrons. The van der Waals surface area contributed by atoms with Crippen molar-refractivity contribution in [1.29, 1.82) is 0 Å². The average molecular weight is 183 g/mol. The van der Waals surface area contributed by atoms with Crippen LogP contribution in [-0.2, 0) is 0 Å². The first kappa shape index (κ1) is 9.92. The van der Waals surface area contributed by atoms with Crippen LogP contribution in [0.3, 0.4) is 0 Å². The molecule has 0 aliphatic heterocycles. The van der Waals surface area contributed by atoms with Crippen molar-refractivity contribution in [2.45, 2.75) is 6.92 Å². The van der Waals surface area contributed by atoms with Gasteiger partial charge in [0.1, 0.15) is 5.82 Å². The minimum atomic E-state index is -0.451. The fraction of sp³-hybridized carbons (Fsp3) is 0.444. The lowest BCUT2D eigenvalue weighted by atomic mass is 10.4. The molecule has 0 fully saturated rings. The minimum Gasteiger partial charge on any atom is -0.369 e. The summed E-state index contributed by atoms with van der Waals surface area (Å²) in [5.41, 5.74) is 0. The Morgan fingerprint density at radius 1 is 1.38 bits per heavy atom. The van der Waals surface area contributed by atoms with Crippen LogP contribution in [0.2, 0.25) is 0 Å². The van der Waals surface area contributed by atoms with E-state index in [-0.39, 0.29) is 0 Å². The van der Waals surface area contributed by atoms with Crippen molar-refractivity contribution in [1.82, 2.24) is 10.3 Å². The van der Waals surface area contributed by atoms with Gasteiger partial charge in [-0.3, -0.25) is 0 Å². The molecule has 0 amide bonds. The Balaban J connectivity index is 2.28. The van der Waals surface area contributed by atoms with Crippen molar-refractivity contribution in [3.8, 4) is 0 Å². The molecule has 1 aromatic heterocycles. The molecule has 72 valence electrons. The van der Waals surface area contributed by atoms with Gasteiger partial charge in [0.2, 0.25) is 5.95 Å². The maximum atomic E-state index is 12.6. The summed E-state index contributed by atoms with van der Waals surface area (Å²) >= 11 is 0. The quantitative estimate of drug-likeness (QED) is 0.532. The summed E-state index contributed by atoms with van der Waals surface area (Å²) in [7, 11) is 0. The molecule has 0 unspecified atom stereocenters. The van der Waals surface area contributed by atoms with Gasteiger partial charge in [-0.2, -0.15) is 4.39 Å². The highest BCUT2D eigenvalue weighted by Crippen LogP contribution is 2.01. The fourth-order valence-corrected chi connectivity index (χ4v) is 0.962. The van der Waals surface area contributed by atoms with Crippen molar-refractivity contribution in [3.05, 3.63) is 24.1 Å². The molecule has 13 heavy (non-hydrogen) atoms. The fourth-order valence-electron chi connectivity index (χ4n) is 0.962. The molecule has 0 saturated heterocycles. The van der Waals surface area contributed by atoms with Crippen LogP contribution in [0.15, 0.2) is 18.2 Å². The molecule has 0 aromatic carbocycles. The van der Waals surface area contributed by atoms with Crippen molar-refractivity contribution in [3.63, 3.8) is 0 Å². The van der Waals surface area contributed by atoms with Crippen LogP contribution < -0.4 is 10.6 Å². The number of hydrogen-bond acceptors (Lipinski definition) is 3. The first-order chi connectivity index (χ1) is 6.33. The van der Waals surface area contributed by atoms with Crippen LogP contribution in [0.1, 0.15) is 6.92 Å². The molecule has 0 spiro atoms. The number of hydrogen-bond donors (Lipinski definition) is 2. The van der Waals surface area contributed by atoms with E-state index in [2.05, 4.69) is 15.6 Å². The number of pyridine rings is 1. The highest BCUT2D eigenvalue weighted by Gasteiger charge is 1.93. The van der Waals surface area contributed by atoms with E-state index < -0.39 is 5.95 Å². The summed E-state index contributed by atoms with van der Waals surface area (Å²) in [6, 6.07) is 4.71. The van der Waals surface area contributed by atoms with Gasteiger partial charge < -0.3 is 10.6 Å². The summed E-state index contributed by atoms with van der Waals surface area (Å²) < 4.78 is 12.6. The van der Waals surface area contributed by atoms with Crippen molar-refractivity contribution in [2.24, 2.45) is 0 Å². The van der Waals surface area contributed by atoms with Crippen LogP contribution in [-0.4, -0.2) is 24.6 Å². The molecule has 0 aliphatic carbocycles. The molecule has 0 atom stereocenters. The number of halogens is 1. The Bertz CT molecular complexity index is 252. The van der Waals surface area contributed by atoms with Gasteiger partial charge in [-0.05, 0) is 18.7 Å². The van der Waals surface area contributed by atoms with Crippen LogP contribution in [0.25, 0.3) is 0 Å². The van der Waals surface area contributed by atoms with E-state index in [1.807, 2.05) is 6.92 Å². The highest BCUT2D eigenvalue weighted by atomic mass is 19.1. The van der Waals surface area contributed by atoms with Gasteiger partial charge in [-0.1, -0.05) is 13.0 Å². The summed E-state index contributed by atoms with van der Waals surface area (Å²) in [5, 5.41) is 6.16. The molecule has 2 N–H and O–H groups in total. The first-order valence-corrected chi connectivity index (χ1v) is 4.40. The largest absolute Gasteiger partial charge is 0.369 e. The Labute approximate surface area is 77.4 Å². The van der Waals surface area contributed by atoms with Crippen molar-refractivity contribution in [2.75, 3.05) is 25.0 Å². The summed E-state index contributed by atoms with van der Waals surface area (Å²) in [6.07, 6.45) is 0. The van der Waals surface area contributed by atoms with Gasteiger partial charge in [0.15, 0.2) is 0 Å². The van der Waals surface area contributed by atoms with Crippen LogP contribution >= 0.6 is 0 Å². The second-order valence-electron chi connectivity index (χ2n) is 2.63. The molecule has 3 nitrogen and oxygen atoms in total. The van der Waals surface area contributed by atoms with Gasteiger partial charge in [0.25, 0.3) is 0 Å². The van der Waals surface area contributed by atoms with Crippen molar-refractivity contribution < 1.29 is 4.39 Å². The zero-order valence-corrected chi connectivity index (χ0v) is 7.68. The number of nitrogens with zero attached hydrogens (tertiary/aromatic N) is 1. The third-order valence-electron chi connectivity index (χ3n) is 1.57. The van der Waals surface area contributed by atoms with E-state index in [0.29, 0.717) is 5.82 Å². The average Bonchev–Trinajstić information content (AvgIpc) is 2.13. The monoisotopic (exact) mass is 183 g/mol. The van der Waals surface area contributed by atoms with Gasteiger partial charge in [0, 0.05) is 13.1 Å². The lowest BCUT2D eigenvalue weighted by molar-refractivity contribution is 0.585. The van der Waals surface area contributed by atoms with E-state index in [9.17, 15) is 4.39 Å². The molecule has 1 heterocycles. The minimum absolute atomic E-state index is 0.451. The molecule has 0 aliphatic rings. The number of likely N-dealkylation sites (N-methyl/N-ethyl adjacent to an activating group) is 1. The highest BCUT2D eigenvalue weighted by molar-refractivity contribution is 5.33. The van der Waals surface area contributed by atoms with E-state index in [1.54, 1.807) is 12.1 Å². The topological polar surface area (TPSA) is 37.0 Å². The van der Waals surface area contributed by atoms with Gasteiger partial charge >= 0.3 is 0 Å². The third-order valence-corrected chi connectivity index (χ3v) is 1.57. The second kappa shape index (κ2) is 5.48. The number of rotatable bonds is 5. The summed E-state index contributed by atoms with van der Waals surface area (Å²) in [4.78, 5) is 3.67. The Kier molecular flexibility index (Phi) is 4.18. The third kappa shape index (κ3) is 3.85. The van der Waals surface area contributed by atoms with E-state index in [4.69, 9.17) is 0 Å². The maximum Gasteiger partial charge on any atom is 0.214 e. The van der Waals surface area contributed by atoms with Gasteiger partial charge in [0.05, 0.1) is 0 Å². The smallest absolute Gasteiger partial charge is 0.214 e. The first-order valence-electron chi connectivity index (χ1n) is 4.40. The molecular formula is C9H14FN3. The normalized spacial score (nSPS) is 10.0. The Morgan fingerprint density at radius 3 is 2.92 bits per heavy atom. The SMILES string of the molecule is CCNCCNc1cccc(F)n1. The standard InChI is InChI=1S/C9H14FN3/c1-2-11-6-7-12-9-5-3-4-8(10)13-9/h3-5,11H,2,6-7H2,1H3,(H,12,13). The molecule has 1 aromatic rings. The van der Waals surface area contributed by atoms with Crippen molar-refractivity contribution >= 4 is 5.82 Å². The lowest BCUT2D eigenvalue weighted by Crippen LogP contribution is -2.21. The molecule has 4 heteroatoms. The number of anilines is 1. The van der Waals surface area contributed by atoms with Gasteiger partial charge in [-0.25, -0.2) is 4.98 Å². The Morgan fingerprint density at radius 2 is 2.23 bits per heavy atom. The number of aromatic nitrogens is 1. The second-order valence-corrected chi connectivity index (χ2v) is 2.63. The van der Waals surface area contributed by atoms with Crippen LogP contribution in [0.5, 0.6) is 0 Å². The van der Waals surface area contributed by atoms with Crippen LogP contribution in [0.4, 0.5) is 10.2 Å². The predicted octanol–water partition coefficient (Wildman–Crippen LogP) is 1.24. The molecule has 0 saturated carbocycles. The zero-order valence-electron chi connectivity index (χ0n) is 7.68.